The molecule has 4 aromatic carbocycles. The summed E-state index contributed by atoms with van der Waals surface area (Å²) >= 11 is 0. The molecular weight excluding hydrogens is 406 g/mol. The van der Waals surface area contributed by atoms with Crippen molar-refractivity contribution < 1.29 is 4.79 Å². The number of amides is 1. The maximum Gasteiger partial charge on any atom is 0.255 e. The van der Waals surface area contributed by atoms with Crippen LogP contribution in [0.3, 0.4) is 0 Å². The monoisotopic (exact) mass is 431 g/mol. The summed E-state index contributed by atoms with van der Waals surface area (Å²) in [7, 11) is 0. The fourth-order valence-corrected chi connectivity index (χ4v) is 4.10. The third-order valence-corrected chi connectivity index (χ3v) is 5.84. The lowest BCUT2D eigenvalue weighted by Gasteiger charge is -2.10. The molecule has 0 saturated carbocycles. The summed E-state index contributed by atoms with van der Waals surface area (Å²) in [4.78, 5) is 17.6. The number of carbonyl (C=O) groups is 1. The van der Waals surface area contributed by atoms with E-state index in [1.165, 1.54) is 16.7 Å². The van der Waals surface area contributed by atoms with Crippen LogP contribution in [-0.4, -0.2) is 15.5 Å². The van der Waals surface area contributed by atoms with Crippen molar-refractivity contribution in [1.29, 1.82) is 0 Å². The van der Waals surface area contributed by atoms with Gasteiger partial charge in [-0.05, 0) is 47.0 Å². The number of imidazole rings is 1. The maximum atomic E-state index is 12.8. The lowest BCUT2D eigenvalue weighted by atomic mass is 10.0. The Morgan fingerprint density at radius 2 is 1.48 bits per heavy atom. The molecular formula is C29H25N3O. The summed E-state index contributed by atoms with van der Waals surface area (Å²) in [6.07, 6.45) is 0.822. The summed E-state index contributed by atoms with van der Waals surface area (Å²) in [5.74, 6) is 0.888. The number of nitrogens with zero attached hydrogens (tertiary/aromatic N) is 2. The fraction of sp³-hybridized carbons (Fsp3) is 0.103. The van der Waals surface area contributed by atoms with Crippen LogP contribution in [0.25, 0.3) is 22.2 Å². The molecule has 4 heteroatoms. The first kappa shape index (κ1) is 20.7. The summed E-state index contributed by atoms with van der Waals surface area (Å²) in [5, 5.41) is 2.97. The predicted octanol–water partition coefficient (Wildman–Crippen LogP) is 6.57. The number of anilines is 1. The Morgan fingerprint density at radius 1 is 0.818 bits per heavy atom. The molecule has 1 aromatic heterocycles. The number of carbonyl (C=O) groups excluding carboxylic acids is 1. The van der Waals surface area contributed by atoms with Gasteiger partial charge in [-0.25, -0.2) is 4.98 Å². The molecule has 1 amide bonds. The zero-order chi connectivity index (χ0) is 22.6. The van der Waals surface area contributed by atoms with Gasteiger partial charge in [-0.1, -0.05) is 79.7 Å². The lowest BCUT2D eigenvalue weighted by Crippen LogP contribution is -2.12. The van der Waals surface area contributed by atoms with Crippen molar-refractivity contribution in [2.75, 3.05) is 5.32 Å². The second-order valence-electron chi connectivity index (χ2n) is 8.05. The van der Waals surface area contributed by atoms with Gasteiger partial charge in [0.1, 0.15) is 5.82 Å². The Kier molecular flexibility index (Phi) is 5.73. The highest BCUT2D eigenvalue weighted by Gasteiger charge is 2.14. The van der Waals surface area contributed by atoms with Crippen LogP contribution in [0.2, 0.25) is 0 Å². The highest BCUT2D eigenvalue weighted by molar-refractivity contribution is 6.06. The molecule has 0 bridgehead atoms. The molecule has 0 atom stereocenters. The SMILES string of the molecule is CCc1nc2ccc(C(=O)Nc3ccccc3)cc2n1Cc1ccc(-c2ccccc2)cc1. The van der Waals surface area contributed by atoms with Gasteiger partial charge in [-0.15, -0.1) is 0 Å². The van der Waals surface area contributed by atoms with Crippen LogP contribution in [0.1, 0.15) is 28.7 Å². The van der Waals surface area contributed by atoms with Crippen LogP contribution in [-0.2, 0) is 13.0 Å². The lowest BCUT2D eigenvalue weighted by molar-refractivity contribution is 0.102. The van der Waals surface area contributed by atoms with Gasteiger partial charge >= 0.3 is 0 Å². The first-order valence-electron chi connectivity index (χ1n) is 11.2. The number of rotatable bonds is 6. The van der Waals surface area contributed by atoms with Gasteiger partial charge in [0.2, 0.25) is 0 Å². The topological polar surface area (TPSA) is 46.9 Å². The largest absolute Gasteiger partial charge is 0.323 e. The van der Waals surface area contributed by atoms with E-state index in [0.717, 1.165) is 29.0 Å². The minimum Gasteiger partial charge on any atom is -0.323 e. The number of hydrogen-bond acceptors (Lipinski definition) is 2. The molecule has 5 aromatic rings. The first-order valence-corrected chi connectivity index (χ1v) is 11.2. The van der Waals surface area contributed by atoms with Gasteiger partial charge in [-0.3, -0.25) is 4.79 Å². The van der Waals surface area contributed by atoms with Crippen molar-refractivity contribution in [1.82, 2.24) is 9.55 Å². The molecule has 0 fully saturated rings. The number of fused-ring (bicyclic) bond motifs is 1. The molecule has 1 heterocycles. The molecule has 33 heavy (non-hydrogen) atoms. The summed E-state index contributed by atoms with van der Waals surface area (Å²) in [6, 6.07) is 34.3. The Morgan fingerprint density at radius 3 is 2.18 bits per heavy atom. The number of aromatic nitrogens is 2. The van der Waals surface area contributed by atoms with Crippen LogP contribution >= 0.6 is 0 Å². The Labute approximate surface area is 193 Å². The number of nitrogens with one attached hydrogen (secondary N) is 1. The van der Waals surface area contributed by atoms with Crippen LogP contribution in [0.15, 0.2) is 103 Å². The zero-order valence-electron chi connectivity index (χ0n) is 18.5. The van der Waals surface area contributed by atoms with E-state index in [1.807, 2.05) is 54.6 Å². The predicted molar refractivity (Wildman–Crippen MR) is 134 cm³/mol. The van der Waals surface area contributed by atoms with Crippen LogP contribution < -0.4 is 5.32 Å². The number of para-hydroxylation sites is 1. The van der Waals surface area contributed by atoms with Gasteiger partial charge in [0.25, 0.3) is 5.91 Å². The second-order valence-corrected chi connectivity index (χ2v) is 8.05. The minimum atomic E-state index is -0.124. The zero-order valence-corrected chi connectivity index (χ0v) is 18.5. The third kappa shape index (κ3) is 4.41. The van der Waals surface area contributed by atoms with Gasteiger partial charge in [0.05, 0.1) is 11.0 Å². The van der Waals surface area contributed by atoms with E-state index in [4.69, 9.17) is 4.98 Å². The van der Waals surface area contributed by atoms with Crippen molar-refractivity contribution in [2.45, 2.75) is 19.9 Å². The molecule has 0 aliphatic carbocycles. The standard InChI is InChI=1S/C29H25N3O/c1-2-28-31-26-18-17-24(29(33)30-25-11-7-4-8-12-25)19-27(26)32(28)20-21-13-15-23(16-14-21)22-9-5-3-6-10-22/h3-19H,2,20H2,1H3,(H,30,33). The fourth-order valence-electron chi connectivity index (χ4n) is 4.10. The Hall–Kier alpha value is -4.18. The molecule has 0 aliphatic rings. The Bertz CT molecular complexity index is 1390. The highest BCUT2D eigenvalue weighted by Crippen LogP contribution is 2.23. The summed E-state index contributed by atoms with van der Waals surface area (Å²) < 4.78 is 2.21. The van der Waals surface area contributed by atoms with Crippen LogP contribution in [0.5, 0.6) is 0 Å². The molecule has 0 saturated heterocycles. The minimum absolute atomic E-state index is 0.124. The van der Waals surface area contributed by atoms with Crippen molar-refractivity contribution in [2.24, 2.45) is 0 Å². The van der Waals surface area contributed by atoms with E-state index < -0.39 is 0 Å². The highest BCUT2D eigenvalue weighted by atomic mass is 16.1. The average Bonchev–Trinajstić information content (AvgIpc) is 3.22. The molecule has 5 rings (SSSR count). The van der Waals surface area contributed by atoms with Gasteiger partial charge < -0.3 is 9.88 Å². The van der Waals surface area contributed by atoms with Crippen LogP contribution in [0, 0.1) is 0 Å². The first-order chi connectivity index (χ1) is 16.2. The molecule has 0 radical (unpaired) electrons. The summed E-state index contributed by atoms with van der Waals surface area (Å²) in [6.45, 7) is 2.82. The molecule has 0 aliphatic heterocycles. The summed E-state index contributed by atoms with van der Waals surface area (Å²) in [5.41, 5.74) is 6.89. The van der Waals surface area contributed by atoms with Gasteiger partial charge in [0, 0.05) is 24.2 Å². The smallest absolute Gasteiger partial charge is 0.255 e. The number of benzene rings is 4. The van der Waals surface area contributed by atoms with Crippen LogP contribution in [0.4, 0.5) is 5.69 Å². The van der Waals surface area contributed by atoms with Crippen molar-refractivity contribution in [3.63, 3.8) is 0 Å². The number of hydrogen-bond donors (Lipinski definition) is 1. The average molecular weight is 432 g/mol. The van der Waals surface area contributed by atoms with Gasteiger partial charge in [0.15, 0.2) is 0 Å². The van der Waals surface area contributed by atoms with E-state index in [-0.39, 0.29) is 5.91 Å². The molecule has 4 nitrogen and oxygen atoms in total. The van der Waals surface area contributed by atoms with Crippen molar-refractivity contribution in [3.8, 4) is 11.1 Å². The quantitative estimate of drug-likeness (QED) is 0.331. The van der Waals surface area contributed by atoms with Crippen molar-refractivity contribution in [3.05, 3.63) is 120 Å². The molecule has 162 valence electrons. The van der Waals surface area contributed by atoms with Gasteiger partial charge in [-0.2, -0.15) is 0 Å². The number of aryl methyl sites for hydroxylation is 1. The second kappa shape index (κ2) is 9.13. The normalized spacial score (nSPS) is 10.9. The van der Waals surface area contributed by atoms with E-state index in [9.17, 15) is 4.79 Å². The van der Waals surface area contributed by atoms with E-state index in [0.29, 0.717) is 12.1 Å². The Balaban J connectivity index is 1.44. The third-order valence-electron chi connectivity index (χ3n) is 5.84. The van der Waals surface area contributed by atoms with E-state index in [2.05, 4.69) is 65.3 Å². The molecule has 0 spiro atoms. The van der Waals surface area contributed by atoms with E-state index >= 15 is 0 Å². The van der Waals surface area contributed by atoms with Crippen molar-refractivity contribution >= 4 is 22.6 Å². The maximum absolute atomic E-state index is 12.8. The van der Waals surface area contributed by atoms with E-state index in [1.54, 1.807) is 0 Å². The molecule has 0 unspecified atom stereocenters. The molecule has 1 N–H and O–H groups in total.